The first-order chi connectivity index (χ1) is 11.7. The van der Waals surface area contributed by atoms with Crippen LogP contribution < -0.4 is 14.8 Å². The standard InChI is InChI=1S/C17H15ClF3NO3/c1-11(25-14-7-5-12(18)6-8-14)16(23)22-13-3-2-4-15(9-13)24-10-17(19,20)21/h2-9,11H,10H2,1H3,(H,22,23). The van der Waals surface area contributed by atoms with Gasteiger partial charge in [-0.2, -0.15) is 13.2 Å². The number of ether oxygens (including phenoxy) is 2. The van der Waals surface area contributed by atoms with Gasteiger partial charge in [-0.25, -0.2) is 0 Å². The van der Waals surface area contributed by atoms with Gasteiger partial charge in [-0.1, -0.05) is 17.7 Å². The van der Waals surface area contributed by atoms with Crippen molar-refractivity contribution in [2.45, 2.75) is 19.2 Å². The van der Waals surface area contributed by atoms with E-state index in [9.17, 15) is 18.0 Å². The summed E-state index contributed by atoms with van der Waals surface area (Å²) >= 11 is 5.77. The van der Waals surface area contributed by atoms with Crippen molar-refractivity contribution in [3.05, 3.63) is 53.6 Å². The van der Waals surface area contributed by atoms with Gasteiger partial charge in [-0.05, 0) is 43.3 Å². The van der Waals surface area contributed by atoms with E-state index in [0.717, 1.165) is 0 Å². The Morgan fingerprint density at radius 1 is 1.16 bits per heavy atom. The molecule has 1 unspecified atom stereocenters. The molecule has 1 atom stereocenters. The lowest BCUT2D eigenvalue weighted by atomic mass is 10.2. The average molecular weight is 374 g/mol. The average Bonchev–Trinajstić information content (AvgIpc) is 2.55. The summed E-state index contributed by atoms with van der Waals surface area (Å²) in [5.41, 5.74) is 0.302. The predicted octanol–water partition coefficient (Wildman–Crippen LogP) is 4.69. The fourth-order valence-corrected chi connectivity index (χ4v) is 1.97. The minimum absolute atomic E-state index is 0.00129. The summed E-state index contributed by atoms with van der Waals surface area (Å²) in [6, 6.07) is 12.2. The highest BCUT2D eigenvalue weighted by Gasteiger charge is 2.28. The monoisotopic (exact) mass is 373 g/mol. The van der Waals surface area contributed by atoms with Crippen LogP contribution in [0.3, 0.4) is 0 Å². The number of carbonyl (C=O) groups is 1. The lowest BCUT2D eigenvalue weighted by Gasteiger charge is -2.15. The smallest absolute Gasteiger partial charge is 0.422 e. The molecule has 0 radical (unpaired) electrons. The fraction of sp³-hybridized carbons (Fsp3) is 0.235. The Hall–Kier alpha value is -2.41. The normalized spacial score (nSPS) is 12.4. The largest absolute Gasteiger partial charge is 0.484 e. The Bertz CT molecular complexity index is 720. The predicted molar refractivity (Wildman–Crippen MR) is 88.2 cm³/mol. The first-order valence-corrected chi connectivity index (χ1v) is 7.63. The third-order valence-electron chi connectivity index (χ3n) is 3.00. The van der Waals surface area contributed by atoms with Crippen molar-refractivity contribution in [2.24, 2.45) is 0 Å². The van der Waals surface area contributed by atoms with Gasteiger partial charge in [-0.15, -0.1) is 0 Å². The molecule has 0 aliphatic carbocycles. The Morgan fingerprint density at radius 3 is 2.48 bits per heavy atom. The van der Waals surface area contributed by atoms with Crippen LogP contribution in [-0.2, 0) is 4.79 Å². The Kier molecular flexibility index (Phi) is 6.14. The molecule has 0 aliphatic heterocycles. The highest BCUT2D eigenvalue weighted by molar-refractivity contribution is 6.30. The lowest BCUT2D eigenvalue weighted by molar-refractivity contribution is -0.153. The SMILES string of the molecule is CC(Oc1ccc(Cl)cc1)C(=O)Nc1cccc(OCC(F)(F)F)c1. The quantitative estimate of drug-likeness (QED) is 0.799. The lowest BCUT2D eigenvalue weighted by Crippen LogP contribution is -2.30. The van der Waals surface area contributed by atoms with E-state index in [-0.39, 0.29) is 5.75 Å². The summed E-state index contributed by atoms with van der Waals surface area (Å²) < 4.78 is 46.6. The number of anilines is 1. The molecule has 1 N–H and O–H groups in total. The van der Waals surface area contributed by atoms with Gasteiger partial charge in [0.2, 0.25) is 0 Å². The van der Waals surface area contributed by atoms with Crippen molar-refractivity contribution in [1.29, 1.82) is 0 Å². The maximum atomic E-state index is 12.2. The second kappa shape index (κ2) is 8.11. The molecule has 1 amide bonds. The minimum Gasteiger partial charge on any atom is -0.484 e. The molecule has 2 aromatic carbocycles. The van der Waals surface area contributed by atoms with Crippen LogP contribution >= 0.6 is 11.6 Å². The summed E-state index contributed by atoms with van der Waals surface area (Å²) in [5, 5.41) is 3.10. The van der Waals surface area contributed by atoms with Crippen LogP contribution in [0.2, 0.25) is 5.02 Å². The van der Waals surface area contributed by atoms with Gasteiger partial charge in [-0.3, -0.25) is 4.79 Å². The number of amides is 1. The van der Waals surface area contributed by atoms with E-state index in [0.29, 0.717) is 16.5 Å². The molecule has 8 heteroatoms. The van der Waals surface area contributed by atoms with Crippen molar-refractivity contribution < 1.29 is 27.4 Å². The number of halogens is 4. The van der Waals surface area contributed by atoms with Gasteiger partial charge < -0.3 is 14.8 Å². The molecular formula is C17H15ClF3NO3. The van der Waals surface area contributed by atoms with Gasteiger partial charge in [0.15, 0.2) is 12.7 Å². The first-order valence-electron chi connectivity index (χ1n) is 7.25. The number of benzene rings is 2. The zero-order chi connectivity index (χ0) is 18.4. The number of hydrogen-bond acceptors (Lipinski definition) is 3. The number of carbonyl (C=O) groups excluding carboxylic acids is 1. The summed E-state index contributed by atoms with van der Waals surface area (Å²) in [6.45, 7) is 0.147. The van der Waals surface area contributed by atoms with Gasteiger partial charge in [0, 0.05) is 16.8 Å². The number of rotatable bonds is 6. The zero-order valence-electron chi connectivity index (χ0n) is 13.1. The van der Waals surface area contributed by atoms with Crippen molar-refractivity contribution in [3.8, 4) is 11.5 Å². The van der Waals surface area contributed by atoms with E-state index in [1.54, 1.807) is 31.2 Å². The van der Waals surface area contributed by atoms with Gasteiger partial charge >= 0.3 is 6.18 Å². The summed E-state index contributed by atoms with van der Waals surface area (Å²) in [5.74, 6) is 0.0126. The van der Waals surface area contributed by atoms with Crippen LogP contribution in [0.25, 0.3) is 0 Å². The molecule has 2 rings (SSSR count). The van der Waals surface area contributed by atoms with E-state index in [1.165, 1.54) is 24.3 Å². The maximum absolute atomic E-state index is 12.2. The maximum Gasteiger partial charge on any atom is 0.422 e. The van der Waals surface area contributed by atoms with E-state index in [1.807, 2.05) is 0 Å². The first kappa shape index (κ1) is 18.9. The molecule has 2 aromatic rings. The number of alkyl halides is 3. The van der Waals surface area contributed by atoms with Crippen LogP contribution in [0.15, 0.2) is 48.5 Å². The Labute approximate surface area is 147 Å². The second-order valence-corrected chi connectivity index (χ2v) is 5.57. The molecule has 0 spiro atoms. The van der Waals surface area contributed by atoms with E-state index in [4.69, 9.17) is 16.3 Å². The molecule has 0 aromatic heterocycles. The zero-order valence-corrected chi connectivity index (χ0v) is 13.9. The number of hydrogen-bond donors (Lipinski definition) is 1. The summed E-state index contributed by atoms with van der Waals surface area (Å²) in [4.78, 5) is 12.1. The Morgan fingerprint density at radius 2 is 1.84 bits per heavy atom. The van der Waals surface area contributed by atoms with E-state index < -0.39 is 24.8 Å². The summed E-state index contributed by atoms with van der Waals surface area (Å²) in [6.07, 6.45) is -5.25. The van der Waals surface area contributed by atoms with E-state index >= 15 is 0 Å². The van der Waals surface area contributed by atoms with Crippen LogP contribution in [0, 0.1) is 0 Å². The van der Waals surface area contributed by atoms with Crippen molar-refractivity contribution in [1.82, 2.24) is 0 Å². The van der Waals surface area contributed by atoms with Gasteiger partial charge in [0.25, 0.3) is 5.91 Å². The molecule has 0 bridgehead atoms. The molecule has 25 heavy (non-hydrogen) atoms. The molecule has 134 valence electrons. The molecule has 0 saturated carbocycles. The second-order valence-electron chi connectivity index (χ2n) is 5.13. The number of nitrogens with one attached hydrogen (secondary N) is 1. The molecular weight excluding hydrogens is 359 g/mol. The van der Waals surface area contributed by atoms with Crippen molar-refractivity contribution in [3.63, 3.8) is 0 Å². The van der Waals surface area contributed by atoms with Crippen molar-refractivity contribution in [2.75, 3.05) is 11.9 Å². The summed E-state index contributed by atoms with van der Waals surface area (Å²) in [7, 11) is 0. The molecule has 0 aliphatic rings. The topological polar surface area (TPSA) is 47.6 Å². The van der Waals surface area contributed by atoms with Crippen LogP contribution in [0.4, 0.5) is 18.9 Å². The van der Waals surface area contributed by atoms with Crippen molar-refractivity contribution >= 4 is 23.2 Å². The molecule has 4 nitrogen and oxygen atoms in total. The van der Waals surface area contributed by atoms with Crippen LogP contribution in [0.1, 0.15) is 6.92 Å². The van der Waals surface area contributed by atoms with Crippen LogP contribution in [0.5, 0.6) is 11.5 Å². The van der Waals surface area contributed by atoms with Gasteiger partial charge in [0.1, 0.15) is 11.5 Å². The Balaban J connectivity index is 1.94. The fourth-order valence-electron chi connectivity index (χ4n) is 1.84. The minimum atomic E-state index is -4.43. The highest BCUT2D eigenvalue weighted by atomic mass is 35.5. The molecule has 0 heterocycles. The third kappa shape index (κ3) is 6.54. The van der Waals surface area contributed by atoms with E-state index in [2.05, 4.69) is 10.1 Å². The molecule has 0 fully saturated rings. The highest BCUT2D eigenvalue weighted by Crippen LogP contribution is 2.22. The third-order valence-corrected chi connectivity index (χ3v) is 3.25. The molecule has 0 saturated heterocycles. The van der Waals surface area contributed by atoms with Crippen LogP contribution in [-0.4, -0.2) is 24.8 Å². The van der Waals surface area contributed by atoms with Gasteiger partial charge in [0.05, 0.1) is 0 Å².